The number of carbonyl (C=O) groups is 1. The first-order valence-corrected chi connectivity index (χ1v) is 10.6. The Balaban J connectivity index is 0. The van der Waals surface area contributed by atoms with Crippen molar-refractivity contribution < 1.29 is 22.9 Å². The van der Waals surface area contributed by atoms with Crippen molar-refractivity contribution in [3.63, 3.8) is 0 Å². The third kappa shape index (κ3) is 16.0. The average Bonchev–Trinajstić information content (AvgIpc) is 2.52. The zero-order valence-corrected chi connectivity index (χ0v) is 16.0. The summed E-state index contributed by atoms with van der Waals surface area (Å²) in [5, 5.41) is 7.08. The van der Waals surface area contributed by atoms with Crippen LogP contribution in [0.15, 0.2) is 13.2 Å². The summed E-state index contributed by atoms with van der Waals surface area (Å²) in [7, 11) is -4.48. The van der Waals surface area contributed by atoms with Crippen molar-refractivity contribution >= 4 is 16.1 Å². The lowest BCUT2D eigenvalue weighted by atomic mass is 10.0. The van der Waals surface area contributed by atoms with E-state index in [1.165, 1.54) is 51.4 Å². The van der Waals surface area contributed by atoms with Gasteiger partial charge in [-0.25, -0.2) is 0 Å². The SMILES string of the molecule is C=C.CCCCCCCCCCCCCCC(C(=O)O)S(=O)(=O)O. The van der Waals surface area contributed by atoms with Crippen molar-refractivity contribution in [2.75, 3.05) is 0 Å². The molecule has 0 fully saturated rings. The molecule has 24 heavy (non-hydrogen) atoms. The van der Waals surface area contributed by atoms with E-state index in [-0.39, 0.29) is 6.42 Å². The highest BCUT2D eigenvalue weighted by atomic mass is 32.2. The maximum Gasteiger partial charge on any atom is 0.324 e. The first kappa shape index (κ1) is 25.4. The van der Waals surface area contributed by atoms with E-state index in [0.29, 0.717) is 6.42 Å². The van der Waals surface area contributed by atoms with E-state index in [9.17, 15) is 13.2 Å². The second kappa shape index (κ2) is 17.0. The topological polar surface area (TPSA) is 91.7 Å². The molecule has 0 aromatic rings. The maximum atomic E-state index is 10.9. The minimum Gasteiger partial charge on any atom is -0.480 e. The molecule has 1 unspecified atom stereocenters. The molecule has 0 aliphatic carbocycles. The molecule has 144 valence electrons. The van der Waals surface area contributed by atoms with Crippen LogP contribution in [0.4, 0.5) is 0 Å². The molecule has 0 aliphatic rings. The van der Waals surface area contributed by atoms with Crippen molar-refractivity contribution in [1.29, 1.82) is 0 Å². The van der Waals surface area contributed by atoms with Gasteiger partial charge in [0.15, 0.2) is 5.25 Å². The summed E-state index contributed by atoms with van der Waals surface area (Å²) in [5.74, 6) is -1.47. The summed E-state index contributed by atoms with van der Waals surface area (Å²) in [6.07, 6.45) is 13.8. The van der Waals surface area contributed by atoms with Crippen LogP contribution in [0.3, 0.4) is 0 Å². The third-order valence-corrected chi connectivity index (χ3v) is 5.11. The molecule has 1 atom stereocenters. The van der Waals surface area contributed by atoms with Gasteiger partial charge in [0, 0.05) is 0 Å². The molecule has 0 saturated heterocycles. The maximum absolute atomic E-state index is 10.9. The molecule has 0 spiro atoms. The average molecular weight is 365 g/mol. The van der Waals surface area contributed by atoms with Gasteiger partial charge in [-0.2, -0.15) is 8.42 Å². The van der Waals surface area contributed by atoms with Crippen LogP contribution in [0.2, 0.25) is 0 Å². The molecule has 0 aromatic carbocycles. The van der Waals surface area contributed by atoms with Gasteiger partial charge in [-0.1, -0.05) is 84.0 Å². The summed E-state index contributed by atoms with van der Waals surface area (Å²) in [6, 6.07) is 0. The molecule has 0 aliphatic heterocycles. The fourth-order valence-corrected chi connectivity index (χ4v) is 3.29. The van der Waals surface area contributed by atoms with E-state index in [2.05, 4.69) is 20.1 Å². The smallest absolute Gasteiger partial charge is 0.324 e. The molecular formula is C18H36O5S. The molecule has 0 radical (unpaired) electrons. The number of rotatable bonds is 15. The predicted octanol–water partition coefficient (Wildman–Crippen LogP) is 5.22. The molecule has 0 saturated carbocycles. The Morgan fingerprint density at radius 2 is 1.17 bits per heavy atom. The van der Waals surface area contributed by atoms with Crippen LogP contribution < -0.4 is 0 Å². The summed E-state index contributed by atoms with van der Waals surface area (Å²) >= 11 is 0. The summed E-state index contributed by atoms with van der Waals surface area (Å²) in [6.45, 7) is 8.22. The Bertz CT molecular complexity index is 392. The van der Waals surface area contributed by atoms with Gasteiger partial charge in [-0.3, -0.25) is 9.35 Å². The molecule has 0 bridgehead atoms. The second-order valence-corrected chi connectivity index (χ2v) is 7.62. The minimum absolute atomic E-state index is 0.00834. The van der Waals surface area contributed by atoms with Crippen LogP contribution in [0, 0.1) is 0 Å². The highest BCUT2D eigenvalue weighted by Gasteiger charge is 2.29. The van der Waals surface area contributed by atoms with Gasteiger partial charge in [-0.05, 0) is 6.42 Å². The van der Waals surface area contributed by atoms with Crippen molar-refractivity contribution in [2.45, 2.75) is 95.6 Å². The fourth-order valence-electron chi connectivity index (χ4n) is 2.57. The first-order valence-electron chi connectivity index (χ1n) is 9.08. The zero-order valence-electron chi connectivity index (χ0n) is 15.2. The van der Waals surface area contributed by atoms with Gasteiger partial charge in [0.05, 0.1) is 0 Å². The quantitative estimate of drug-likeness (QED) is 0.236. The Morgan fingerprint density at radius 3 is 1.46 bits per heavy atom. The van der Waals surface area contributed by atoms with Crippen LogP contribution in [0.25, 0.3) is 0 Å². The lowest BCUT2D eigenvalue weighted by Crippen LogP contribution is -2.29. The van der Waals surface area contributed by atoms with Gasteiger partial charge >= 0.3 is 5.97 Å². The number of hydrogen-bond acceptors (Lipinski definition) is 3. The Labute approximate surface area is 148 Å². The predicted molar refractivity (Wildman–Crippen MR) is 99.9 cm³/mol. The van der Waals surface area contributed by atoms with E-state index < -0.39 is 21.3 Å². The van der Waals surface area contributed by atoms with Crippen molar-refractivity contribution in [2.24, 2.45) is 0 Å². The number of carboxylic acids is 1. The number of aliphatic carboxylic acids is 1. The van der Waals surface area contributed by atoms with Gasteiger partial charge in [0.2, 0.25) is 0 Å². The van der Waals surface area contributed by atoms with Crippen LogP contribution in [0.1, 0.15) is 90.4 Å². The molecular weight excluding hydrogens is 328 g/mol. The standard InChI is InChI=1S/C16H32O5S.C2H4/c1-2-3-4-5-6-7-8-9-10-11-12-13-14-15(16(17)18)22(19,20)21;1-2/h15H,2-14H2,1H3,(H,17,18)(H,19,20,21);1-2H2. The first-order chi connectivity index (χ1) is 11.4. The Morgan fingerprint density at radius 1 is 0.833 bits per heavy atom. The molecule has 5 nitrogen and oxygen atoms in total. The van der Waals surface area contributed by atoms with Crippen molar-refractivity contribution in [3.8, 4) is 0 Å². The van der Waals surface area contributed by atoms with Crippen molar-refractivity contribution in [1.82, 2.24) is 0 Å². The van der Waals surface area contributed by atoms with Crippen LogP contribution in [-0.2, 0) is 14.9 Å². The molecule has 2 N–H and O–H groups in total. The van der Waals surface area contributed by atoms with Gasteiger partial charge in [0.25, 0.3) is 10.1 Å². The number of carboxylic acid groups (broad SMARTS) is 1. The fraction of sp³-hybridized carbons (Fsp3) is 0.833. The largest absolute Gasteiger partial charge is 0.480 e. The van der Waals surface area contributed by atoms with Gasteiger partial charge in [-0.15, -0.1) is 13.2 Å². The van der Waals surface area contributed by atoms with E-state index in [1.54, 1.807) is 0 Å². The number of unbranched alkanes of at least 4 members (excludes halogenated alkanes) is 11. The highest BCUT2D eigenvalue weighted by Crippen LogP contribution is 2.15. The minimum atomic E-state index is -4.48. The van der Waals surface area contributed by atoms with Gasteiger partial charge in [0.1, 0.15) is 0 Å². The highest BCUT2D eigenvalue weighted by molar-refractivity contribution is 7.87. The Hall–Kier alpha value is -0.880. The lowest BCUT2D eigenvalue weighted by molar-refractivity contribution is -0.136. The second-order valence-electron chi connectivity index (χ2n) is 6.02. The van der Waals surface area contributed by atoms with Crippen molar-refractivity contribution in [3.05, 3.63) is 13.2 Å². The van der Waals surface area contributed by atoms with Gasteiger partial charge < -0.3 is 5.11 Å². The van der Waals surface area contributed by atoms with E-state index in [1.807, 2.05) is 0 Å². The molecule has 0 aromatic heterocycles. The Kier molecular flexibility index (Phi) is 17.9. The van der Waals surface area contributed by atoms with E-state index in [0.717, 1.165) is 19.3 Å². The normalized spacial score (nSPS) is 12.2. The van der Waals surface area contributed by atoms with E-state index >= 15 is 0 Å². The van der Waals surface area contributed by atoms with Crippen LogP contribution in [-0.4, -0.2) is 29.3 Å². The van der Waals surface area contributed by atoms with E-state index in [4.69, 9.17) is 9.66 Å². The molecule has 0 amide bonds. The number of hydrogen-bond donors (Lipinski definition) is 2. The summed E-state index contributed by atoms with van der Waals surface area (Å²) in [4.78, 5) is 10.7. The zero-order chi connectivity index (χ0) is 18.8. The molecule has 0 rings (SSSR count). The summed E-state index contributed by atoms with van der Waals surface area (Å²) < 4.78 is 30.6. The van der Waals surface area contributed by atoms with Crippen LogP contribution in [0.5, 0.6) is 0 Å². The molecule has 6 heteroatoms. The third-order valence-electron chi connectivity index (χ3n) is 3.95. The van der Waals surface area contributed by atoms with Crippen LogP contribution >= 0.6 is 0 Å². The monoisotopic (exact) mass is 364 g/mol. The summed E-state index contributed by atoms with van der Waals surface area (Å²) in [5.41, 5.74) is 0. The lowest BCUT2D eigenvalue weighted by Gasteiger charge is -2.08. The molecule has 0 heterocycles.